The van der Waals surface area contributed by atoms with Crippen LogP contribution in [0.4, 0.5) is 4.39 Å². The highest BCUT2D eigenvalue weighted by atomic mass is 19.1. The average Bonchev–Trinajstić information content (AvgIpc) is 3.22. The van der Waals surface area contributed by atoms with Gasteiger partial charge in [-0.15, -0.1) is 0 Å². The summed E-state index contributed by atoms with van der Waals surface area (Å²) in [5.41, 5.74) is 1.40. The van der Waals surface area contributed by atoms with Crippen molar-refractivity contribution in [3.05, 3.63) is 66.0 Å². The second-order valence-electron chi connectivity index (χ2n) is 7.03. The van der Waals surface area contributed by atoms with E-state index >= 15 is 0 Å². The van der Waals surface area contributed by atoms with Crippen molar-refractivity contribution < 1.29 is 13.7 Å². The van der Waals surface area contributed by atoms with Gasteiger partial charge in [0.15, 0.2) is 5.82 Å². The zero-order valence-electron chi connectivity index (χ0n) is 15.4. The molecular formula is C21H21FN4O2. The fourth-order valence-electron chi connectivity index (χ4n) is 3.50. The van der Waals surface area contributed by atoms with Crippen LogP contribution in [0.2, 0.25) is 0 Å². The summed E-state index contributed by atoms with van der Waals surface area (Å²) in [6, 6.07) is 9.51. The van der Waals surface area contributed by atoms with E-state index in [0.29, 0.717) is 28.8 Å². The van der Waals surface area contributed by atoms with E-state index in [1.54, 1.807) is 36.7 Å². The van der Waals surface area contributed by atoms with Crippen molar-refractivity contribution in [2.75, 3.05) is 13.1 Å². The standard InChI is InChI=1S/C21H21FN4O2/c22-18-4-2-16(3-5-18)20-24-19(25-28-20)6-1-15-9-13-26(14-10-15)21(27)17-7-11-23-12-8-17/h2-5,7-8,11-12,15H,1,6,9-10,13-14H2. The third-order valence-electron chi connectivity index (χ3n) is 5.16. The average molecular weight is 380 g/mol. The molecule has 7 heteroatoms. The highest BCUT2D eigenvalue weighted by Crippen LogP contribution is 2.24. The Morgan fingerprint density at radius 3 is 2.54 bits per heavy atom. The van der Waals surface area contributed by atoms with Gasteiger partial charge < -0.3 is 9.42 Å². The third-order valence-corrected chi connectivity index (χ3v) is 5.16. The first kappa shape index (κ1) is 18.3. The van der Waals surface area contributed by atoms with Crippen molar-refractivity contribution in [1.29, 1.82) is 0 Å². The SMILES string of the molecule is O=C(c1ccncc1)N1CCC(CCc2noc(-c3ccc(F)cc3)n2)CC1. The van der Waals surface area contributed by atoms with Gasteiger partial charge in [-0.05, 0) is 61.6 Å². The summed E-state index contributed by atoms with van der Waals surface area (Å²) in [5, 5.41) is 4.03. The fourth-order valence-corrected chi connectivity index (χ4v) is 3.50. The van der Waals surface area contributed by atoms with Gasteiger partial charge >= 0.3 is 0 Å². The highest BCUT2D eigenvalue weighted by Gasteiger charge is 2.24. The summed E-state index contributed by atoms with van der Waals surface area (Å²) in [5.74, 6) is 1.39. The van der Waals surface area contributed by atoms with Gasteiger partial charge in [0.2, 0.25) is 0 Å². The molecule has 6 nitrogen and oxygen atoms in total. The molecule has 0 unspecified atom stereocenters. The largest absolute Gasteiger partial charge is 0.339 e. The maximum absolute atomic E-state index is 13.0. The van der Waals surface area contributed by atoms with Crippen LogP contribution >= 0.6 is 0 Å². The first-order chi connectivity index (χ1) is 13.7. The molecule has 1 aromatic carbocycles. The number of rotatable bonds is 5. The summed E-state index contributed by atoms with van der Waals surface area (Å²) < 4.78 is 18.3. The third kappa shape index (κ3) is 4.24. The van der Waals surface area contributed by atoms with E-state index in [2.05, 4.69) is 15.1 Å². The molecule has 1 saturated heterocycles. The van der Waals surface area contributed by atoms with E-state index in [9.17, 15) is 9.18 Å². The summed E-state index contributed by atoms with van der Waals surface area (Å²) in [7, 11) is 0. The molecule has 1 fully saturated rings. The maximum atomic E-state index is 13.0. The number of likely N-dealkylation sites (tertiary alicyclic amines) is 1. The molecule has 28 heavy (non-hydrogen) atoms. The molecule has 0 spiro atoms. The number of benzene rings is 1. The van der Waals surface area contributed by atoms with Crippen molar-refractivity contribution in [1.82, 2.24) is 20.0 Å². The number of hydrogen-bond acceptors (Lipinski definition) is 5. The molecule has 0 radical (unpaired) electrons. The van der Waals surface area contributed by atoms with E-state index < -0.39 is 0 Å². The molecule has 0 aliphatic carbocycles. The van der Waals surface area contributed by atoms with Gasteiger partial charge in [0.1, 0.15) is 5.82 Å². The lowest BCUT2D eigenvalue weighted by Gasteiger charge is -2.32. The van der Waals surface area contributed by atoms with Gasteiger partial charge in [-0.1, -0.05) is 5.16 Å². The van der Waals surface area contributed by atoms with E-state index in [1.165, 1.54) is 12.1 Å². The number of nitrogens with zero attached hydrogens (tertiary/aromatic N) is 4. The summed E-state index contributed by atoms with van der Waals surface area (Å²) in [6.07, 6.45) is 6.92. The second-order valence-corrected chi connectivity index (χ2v) is 7.03. The van der Waals surface area contributed by atoms with Crippen molar-refractivity contribution in [3.63, 3.8) is 0 Å². The minimum absolute atomic E-state index is 0.0722. The van der Waals surface area contributed by atoms with Crippen molar-refractivity contribution in [3.8, 4) is 11.5 Å². The zero-order valence-corrected chi connectivity index (χ0v) is 15.4. The van der Waals surface area contributed by atoms with Crippen LogP contribution in [0.25, 0.3) is 11.5 Å². The molecule has 3 heterocycles. The van der Waals surface area contributed by atoms with Crippen LogP contribution in [0.3, 0.4) is 0 Å². The Labute approximate surface area is 162 Å². The Kier molecular flexibility index (Phi) is 5.41. The smallest absolute Gasteiger partial charge is 0.257 e. The highest BCUT2D eigenvalue weighted by molar-refractivity contribution is 5.94. The fraction of sp³-hybridized carbons (Fsp3) is 0.333. The van der Waals surface area contributed by atoms with E-state index in [0.717, 1.165) is 38.8 Å². The van der Waals surface area contributed by atoms with Crippen LogP contribution < -0.4 is 0 Å². The van der Waals surface area contributed by atoms with E-state index in [4.69, 9.17) is 4.52 Å². The molecule has 4 rings (SSSR count). The van der Waals surface area contributed by atoms with Gasteiger partial charge in [0.05, 0.1) is 0 Å². The number of aromatic nitrogens is 3. The molecule has 144 valence electrons. The molecule has 0 saturated carbocycles. The van der Waals surface area contributed by atoms with Crippen molar-refractivity contribution in [2.45, 2.75) is 25.7 Å². The van der Waals surface area contributed by atoms with E-state index in [1.807, 2.05) is 4.90 Å². The van der Waals surface area contributed by atoms with Crippen LogP contribution in [0, 0.1) is 11.7 Å². The number of aryl methyl sites for hydroxylation is 1. The van der Waals surface area contributed by atoms with Crippen LogP contribution in [-0.2, 0) is 6.42 Å². The molecular weight excluding hydrogens is 359 g/mol. The van der Waals surface area contributed by atoms with Gasteiger partial charge in [-0.3, -0.25) is 9.78 Å². The van der Waals surface area contributed by atoms with Crippen molar-refractivity contribution >= 4 is 5.91 Å². The molecule has 1 amide bonds. The Hall–Kier alpha value is -3.09. The lowest BCUT2D eigenvalue weighted by Crippen LogP contribution is -2.38. The van der Waals surface area contributed by atoms with Gasteiger partial charge in [-0.2, -0.15) is 4.98 Å². The Morgan fingerprint density at radius 2 is 1.82 bits per heavy atom. The Bertz CT molecular complexity index is 919. The number of hydrogen-bond donors (Lipinski definition) is 0. The summed E-state index contributed by atoms with van der Waals surface area (Å²) in [4.78, 5) is 22.8. The number of halogens is 1. The molecule has 3 aromatic rings. The monoisotopic (exact) mass is 380 g/mol. The molecule has 2 aromatic heterocycles. The zero-order chi connectivity index (χ0) is 19.3. The van der Waals surface area contributed by atoms with E-state index in [-0.39, 0.29) is 11.7 Å². The number of carbonyl (C=O) groups excluding carboxylic acids is 1. The minimum Gasteiger partial charge on any atom is -0.339 e. The second kappa shape index (κ2) is 8.29. The number of piperidine rings is 1. The summed E-state index contributed by atoms with van der Waals surface area (Å²) >= 11 is 0. The molecule has 1 aliphatic heterocycles. The first-order valence-electron chi connectivity index (χ1n) is 9.47. The molecule has 1 aliphatic rings. The van der Waals surface area contributed by atoms with Crippen LogP contribution in [0.15, 0.2) is 53.3 Å². The van der Waals surface area contributed by atoms with Crippen LogP contribution in [0.1, 0.15) is 35.4 Å². The summed E-state index contributed by atoms with van der Waals surface area (Å²) in [6.45, 7) is 1.53. The maximum Gasteiger partial charge on any atom is 0.257 e. The van der Waals surface area contributed by atoms with Gasteiger partial charge in [0.25, 0.3) is 11.8 Å². The lowest BCUT2D eigenvalue weighted by atomic mass is 9.92. The Morgan fingerprint density at radius 1 is 1.11 bits per heavy atom. The number of amides is 1. The quantitative estimate of drug-likeness (QED) is 0.674. The lowest BCUT2D eigenvalue weighted by molar-refractivity contribution is 0.0686. The first-order valence-corrected chi connectivity index (χ1v) is 9.47. The Balaban J connectivity index is 1.27. The normalized spacial score (nSPS) is 15.0. The number of pyridine rings is 1. The molecule has 0 bridgehead atoms. The molecule has 0 atom stereocenters. The van der Waals surface area contributed by atoms with Crippen molar-refractivity contribution in [2.24, 2.45) is 5.92 Å². The topological polar surface area (TPSA) is 72.1 Å². The predicted molar refractivity (Wildman–Crippen MR) is 101 cm³/mol. The van der Waals surface area contributed by atoms with Crippen LogP contribution in [0.5, 0.6) is 0 Å². The minimum atomic E-state index is -0.294. The van der Waals surface area contributed by atoms with Gasteiger partial charge in [0, 0.05) is 43.0 Å². The number of carbonyl (C=O) groups is 1. The van der Waals surface area contributed by atoms with Gasteiger partial charge in [-0.25, -0.2) is 4.39 Å². The predicted octanol–water partition coefficient (Wildman–Crippen LogP) is 3.76. The molecule has 0 N–H and O–H groups in total. The van der Waals surface area contributed by atoms with Crippen LogP contribution in [-0.4, -0.2) is 39.0 Å².